The molecule has 4 rings (SSSR count). The molecule has 3 aromatic rings. The monoisotopic (exact) mass is 460 g/mol. The molecule has 0 bridgehead atoms. The number of oxazole rings is 1. The van der Waals surface area contributed by atoms with Gasteiger partial charge in [0.15, 0.2) is 0 Å². The largest absolute Gasteiger partial charge is 0.419 e. The molecule has 0 spiro atoms. The highest BCUT2D eigenvalue weighted by Gasteiger charge is 2.31. The SMILES string of the molecule is O=S(=O)(c1ccccc1)c1nc(-c2ccc(Br)cc2)oc1N1CCCCCC1. The van der Waals surface area contributed by atoms with Gasteiger partial charge in [-0.25, -0.2) is 8.42 Å². The molecule has 0 unspecified atom stereocenters. The van der Waals surface area contributed by atoms with Gasteiger partial charge < -0.3 is 9.32 Å². The molecule has 1 aliphatic heterocycles. The van der Waals surface area contributed by atoms with Crippen LogP contribution >= 0.6 is 15.9 Å². The lowest BCUT2D eigenvalue weighted by Crippen LogP contribution is -2.25. The molecular formula is C21H21BrN2O3S. The van der Waals surface area contributed by atoms with Crippen molar-refractivity contribution in [2.45, 2.75) is 35.6 Å². The zero-order valence-electron chi connectivity index (χ0n) is 15.3. The normalized spacial score (nSPS) is 15.4. The first-order valence-electron chi connectivity index (χ1n) is 9.37. The van der Waals surface area contributed by atoms with E-state index in [4.69, 9.17) is 4.42 Å². The van der Waals surface area contributed by atoms with Gasteiger partial charge in [0.25, 0.3) is 0 Å². The van der Waals surface area contributed by atoms with E-state index in [1.165, 1.54) is 0 Å². The molecule has 28 heavy (non-hydrogen) atoms. The first-order chi connectivity index (χ1) is 13.6. The van der Waals surface area contributed by atoms with Gasteiger partial charge >= 0.3 is 0 Å². The van der Waals surface area contributed by atoms with Gasteiger partial charge in [-0.2, -0.15) is 4.98 Å². The second-order valence-corrected chi connectivity index (χ2v) is 9.63. The summed E-state index contributed by atoms with van der Waals surface area (Å²) < 4.78 is 33.7. The minimum absolute atomic E-state index is 0.00137. The average Bonchev–Trinajstić information content (AvgIpc) is 2.99. The van der Waals surface area contributed by atoms with Gasteiger partial charge in [0.05, 0.1) is 4.90 Å². The molecule has 0 aliphatic carbocycles. The fourth-order valence-corrected chi connectivity index (χ4v) is 4.98. The van der Waals surface area contributed by atoms with Crippen LogP contribution in [-0.4, -0.2) is 26.5 Å². The minimum atomic E-state index is -3.78. The molecule has 7 heteroatoms. The van der Waals surface area contributed by atoms with Crippen molar-refractivity contribution in [2.24, 2.45) is 0 Å². The van der Waals surface area contributed by atoms with Crippen LogP contribution in [0.1, 0.15) is 25.7 Å². The Morgan fingerprint density at radius 1 is 0.893 bits per heavy atom. The van der Waals surface area contributed by atoms with Gasteiger partial charge in [0, 0.05) is 23.1 Å². The second kappa shape index (κ2) is 8.09. The lowest BCUT2D eigenvalue weighted by Gasteiger charge is -2.20. The number of rotatable bonds is 4. The Balaban J connectivity index is 1.84. The van der Waals surface area contributed by atoms with E-state index in [2.05, 4.69) is 20.9 Å². The van der Waals surface area contributed by atoms with Crippen LogP contribution in [0.3, 0.4) is 0 Å². The van der Waals surface area contributed by atoms with Crippen LogP contribution in [0, 0.1) is 0 Å². The van der Waals surface area contributed by atoms with E-state index in [1.807, 2.05) is 29.2 Å². The number of benzene rings is 2. The van der Waals surface area contributed by atoms with E-state index in [9.17, 15) is 8.42 Å². The van der Waals surface area contributed by atoms with E-state index < -0.39 is 9.84 Å². The predicted octanol–water partition coefficient (Wildman–Crippen LogP) is 5.32. The molecule has 1 saturated heterocycles. The fourth-order valence-electron chi connectivity index (χ4n) is 3.37. The summed E-state index contributed by atoms with van der Waals surface area (Å²) in [6, 6.07) is 15.9. The van der Waals surface area contributed by atoms with Crippen LogP contribution in [-0.2, 0) is 9.84 Å². The van der Waals surface area contributed by atoms with E-state index in [-0.39, 0.29) is 9.92 Å². The van der Waals surface area contributed by atoms with E-state index in [0.29, 0.717) is 11.8 Å². The van der Waals surface area contributed by atoms with E-state index in [0.717, 1.165) is 48.8 Å². The van der Waals surface area contributed by atoms with E-state index in [1.54, 1.807) is 30.3 Å². The quantitative estimate of drug-likeness (QED) is 0.527. The van der Waals surface area contributed by atoms with Crippen molar-refractivity contribution in [3.63, 3.8) is 0 Å². The van der Waals surface area contributed by atoms with Crippen molar-refractivity contribution >= 4 is 31.7 Å². The van der Waals surface area contributed by atoms with Crippen LogP contribution in [0.15, 0.2) is 73.4 Å². The Morgan fingerprint density at radius 2 is 1.54 bits per heavy atom. The topological polar surface area (TPSA) is 63.4 Å². The Morgan fingerprint density at radius 3 is 2.18 bits per heavy atom. The molecule has 0 saturated carbocycles. The predicted molar refractivity (Wildman–Crippen MR) is 112 cm³/mol. The number of sulfone groups is 1. The summed E-state index contributed by atoms with van der Waals surface area (Å²) >= 11 is 3.42. The number of halogens is 1. The molecule has 146 valence electrons. The lowest BCUT2D eigenvalue weighted by molar-refractivity contribution is 0.543. The molecule has 0 amide bonds. The number of aromatic nitrogens is 1. The smallest absolute Gasteiger partial charge is 0.236 e. The van der Waals surface area contributed by atoms with Crippen molar-refractivity contribution in [3.05, 3.63) is 59.1 Å². The van der Waals surface area contributed by atoms with Gasteiger partial charge in [-0.3, -0.25) is 0 Å². The molecule has 0 atom stereocenters. The zero-order valence-corrected chi connectivity index (χ0v) is 17.7. The third-order valence-corrected chi connectivity index (χ3v) is 7.07. The van der Waals surface area contributed by atoms with Gasteiger partial charge in [0.2, 0.25) is 26.6 Å². The molecule has 1 fully saturated rings. The summed E-state index contributed by atoms with van der Waals surface area (Å²) in [6.45, 7) is 1.54. The zero-order chi connectivity index (χ0) is 19.6. The van der Waals surface area contributed by atoms with Crippen molar-refractivity contribution in [3.8, 4) is 11.5 Å². The highest BCUT2D eigenvalue weighted by molar-refractivity contribution is 9.10. The first kappa shape index (κ1) is 19.2. The van der Waals surface area contributed by atoms with Crippen LogP contribution < -0.4 is 4.90 Å². The lowest BCUT2D eigenvalue weighted by atomic mass is 10.2. The summed E-state index contributed by atoms with van der Waals surface area (Å²) in [6.07, 6.45) is 4.31. The average molecular weight is 461 g/mol. The number of hydrogen-bond donors (Lipinski definition) is 0. The molecule has 1 aromatic heterocycles. The highest BCUT2D eigenvalue weighted by atomic mass is 79.9. The molecule has 2 heterocycles. The van der Waals surface area contributed by atoms with Crippen molar-refractivity contribution < 1.29 is 12.8 Å². The molecule has 2 aromatic carbocycles. The summed E-state index contributed by atoms with van der Waals surface area (Å²) in [4.78, 5) is 6.70. The number of anilines is 1. The van der Waals surface area contributed by atoms with Gasteiger partial charge in [-0.05, 0) is 49.2 Å². The molecule has 0 radical (unpaired) electrons. The maximum atomic E-state index is 13.3. The molecular weight excluding hydrogens is 440 g/mol. The van der Waals surface area contributed by atoms with Gasteiger partial charge in [-0.15, -0.1) is 0 Å². The number of nitrogens with zero attached hydrogens (tertiary/aromatic N) is 2. The standard InChI is InChI=1S/C21H21BrN2O3S/c22-17-12-10-16(11-13-17)19-23-20(28(25,26)18-8-4-3-5-9-18)21(27-19)24-14-6-1-2-7-15-24/h3-5,8-13H,1-2,6-7,14-15H2. The van der Waals surface area contributed by atoms with Crippen LogP contribution in [0.4, 0.5) is 5.88 Å². The maximum Gasteiger partial charge on any atom is 0.236 e. The summed E-state index contributed by atoms with van der Waals surface area (Å²) in [7, 11) is -3.78. The summed E-state index contributed by atoms with van der Waals surface area (Å²) in [5.41, 5.74) is 0.744. The molecule has 5 nitrogen and oxygen atoms in total. The summed E-state index contributed by atoms with van der Waals surface area (Å²) in [5, 5.41) is -0.00137. The van der Waals surface area contributed by atoms with Gasteiger partial charge in [-0.1, -0.05) is 47.0 Å². The number of hydrogen-bond acceptors (Lipinski definition) is 5. The van der Waals surface area contributed by atoms with Crippen LogP contribution in [0.2, 0.25) is 0 Å². The fraction of sp³-hybridized carbons (Fsp3) is 0.286. The van der Waals surface area contributed by atoms with Crippen LogP contribution in [0.25, 0.3) is 11.5 Å². The minimum Gasteiger partial charge on any atom is -0.419 e. The third kappa shape index (κ3) is 3.86. The van der Waals surface area contributed by atoms with Gasteiger partial charge in [0.1, 0.15) is 0 Å². The van der Waals surface area contributed by atoms with Crippen molar-refractivity contribution in [1.29, 1.82) is 0 Å². The van der Waals surface area contributed by atoms with Crippen LogP contribution in [0.5, 0.6) is 0 Å². The molecule has 1 aliphatic rings. The third-order valence-electron chi connectivity index (χ3n) is 4.87. The highest BCUT2D eigenvalue weighted by Crippen LogP contribution is 2.35. The Hall–Kier alpha value is -2.12. The van der Waals surface area contributed by atoms with Crippen molar-refractivity contribution in [2.75, 3.05) is 18.0 Å². The first-order valence-corrected chi connectivity index (χ1v) is 11.7. The van der Waals surface area contributed by atoms with Crippen molar-refractivity contribution in [1.82, 2.24) is 4.98 Å². The summed E-state index contributed by atoms with van der Waals surface area (Å²) in [5.74, 6) is 0.671. The Labute approximate surface area is 173 Å². The second-order valence-electron chi connectivity index (χ2n) is 6.85. The Bertz CT molecular complexity index is 1040. The maximum absolute atomic E-state index is 13.3. The van der Waals surface area contributed by atoms with E-state index >= 15 is 0 Å². The Kier molecular flexibility index (Phi) is 5.55. The molecule has 0 N–H and O–H groups in total.